The van der Waals surface area contributed by atoms with Crippen LogP contribution < -0.4 is 5.73 Å². The predicted octanol–water partition coefficient (Wildman–Crippen LogP) is -2.78. The van der Waals surface area contributed by atoms with E-state index in [0.717, 1.165) is 0 Å². The Morgan fingerprint density at radius 3 is 1.69 bits per heavy atom. The molecule has 0 aliphatic heterocycles. The van der Waals surface area contributed by atoms with E-state index in [1.807, 2.05) is 0 Å². The fourth-order valence-corrected chi connectivity index (χ4v) is 0.548. The Morgan fingerprint density at radius 1 is 1.08 bits per heavy atom. The molecule has 7 nitrogen and oxygen atoms in total. The van der Waals surface area contributed by atoms with E-state index in [-0.39, 0.29) is 17.5 Å². The predicted molar refractivity (Wildman–Crippen MR) is 38.0 cm³/mol. The number of carbonyl (C=O) groups excluding carboxylic acids is 5. The zero-order valence-electron chi connectivity index (χ0n) is 6.43. The maximum Gasteiger partial charge on any atom is 0.294 e. The molecule has 0 saturated heterocycles. The molecule has 0 aromatic carbocycles. The lowest BCUT2D eigenvalue weighted by Gasteiger charge is -2.11. The fraction of sp³-hybridized carbons (Fsp3) is 0.167. The topological polar surface area (TPSA) is 115 Å². The molecule has 0 fully saturated rings. The van der Waals surface area contributed by atoms with Crippen LogP contribution in [0.1, 0.15) is 0 Å². The summed E-state index contributed by atoms with van der Waals surface area (Å²) < 4.78 is 0. The zero-order valence-corrected chi connectivity index (χ0v) is 6.43. The van der Waals surface area contributed by atoms with Crippen molar-refractivity contribution in [2.75, 3.05) is 6.54 Å². The van der Waals surface area contributed by atoms with E-state index in [4.69, 9.17) is 0 Å². The molecule has 13 heavy (non-hydrogen) atoms. The second kappa shape index (κ2) is 4.75. The number of hydrogen-bond donors (Lipinski definition) is 1. The summed E-state index contributed by atoms with van der Waals surface area (Å²) in [7, 11) is 0. The van der Waals surface area contributed by atoms with Crippen LogP contribution in [0.5, 0.6) is 0 Å². The van der Waals surface area contributed by atoms with Crippen molar-refractivity contribution in [2.24, 2.45) is 5.73 Å². The van der Waals surface area contributed by atoms with E-state index in [0.29, 0.717) is 0 Å². The first-order valence-electron chi connectivity index (χ1n) is 3.07. The average Bonchev–Trinajstić information content (AvgIpc) is 2.11. The molecule has 70 valence electrons. The van der Waals surface area contributed by atoms with Crippen LogP contribution >= 0.6 is 0 Å². The average molecular weight is 186 g/mol. The van der Waals surface area contributed by atoms with E-state index in [2.05, 4.69) is 5.73 Å². The van der Waals surface area contributed by atoms with Crippen molar-refractivity contribution in [3.63, 3.8) is 0 Å². The quantitative estimate of drug-likeness (QED) is 0.376. The number of primary amides is 1. The monoisotopic (exact) mass is 186 g/mol. The normalized spacial score (nSPS) is 8.62. The van der Waals surface area contributed by atoms with Crippen LogP contribution in [-0.4, -0.2) is 41.7 Å². The molecule has 0 aliphatic rings. The summed E-state index contributed by atoms with van der Waals surface area (Å²) in [5.74, 6) is -3.56. The van der Waals surface area contributed by atoms with Gasteiger partial charge in [0.1, 0.15) is 6.54 Å². The first-order valence-corrected chi connectivity index (χ1v) is 3.07. The second-order valence-corrected chi connectivity index (χ2v) is 1.96. The third-order valence-corrected chi connectivity index (χ3v) is 1.05. The summed E-state index contributed by atoms with van der Waals surface area (Å²) in [5, 5.41) is 0. The lowest BCUT2D eigenvalue weighted by atomic mass is 10.4. The Hall–Kier alpha value is -2.05. The number of nitrogens with zero attached hydrogens (tertiary/aromatic N) is 1. The number of hydrogen-bond acceptors (Lipinski definition) is 5. The summed E-state index contributed by atoms with van der Waals surface area (Å²) >= 11 is 0. The van der Waals surface area contributed by atoms with Crippen LogP contribution in [0.4, 0.5) is 0 Å². The molecule has 0 aromatic rings. The van der Waals surface area contributed by atoms with E-state index >= 15 is 0 Å². The highest BCUT2D eigenvalue weighted by molar-refractivity contribution is 6.36. The molecule has 3 amide bonds. The SMILES string of the molecule is NC(=O)CN(C(=O)C=O)C(=O)C=O. The zero-order chi connectivity index (χ0) is 10.4. The van der Waals surface area contributed by atoms with Gasteiger partial charge in [0.2, 0.25) is 18.5 Å². The molecule has 0 radical (unpaired) electrons. The number of carbonyl (C=O) groups is 5. The van der Waals surface area contributed by atoms with Crippen molar-refractivity contribution in [3.8, 4) is 0 Å². The minimum absolute atomic E-state index is 0.155. The standard InChI is InChI=1S/C6H6N2O5/c7-4(11)1-8(5(12)2-9)6(13)3-10/h2-3H,1H2,(H2,7,11). The number of nitrogens with two attached hydrogens (primary N) is 1. The van der Waals surface area contributed by atoms with Crippen LogP contribution in [0.3, 0.4) is 0 Å². The molecule has 0 aromatic heterocycles. The van der Waals surface area contributed by atoms with Crippen LogP contribution in [0.15, 0.2) is 0 Å². The molecule has 2 N–H and O–H groups in total. The molecule has 7 heteroatoms. The van der Waals surface area contributed by atoms with Gasteiger partial charge in [-0.2, -0.15) is 0 Å². The third-order valence-electron chi connectivity index (χ3n) is 1.05. The number of aldehydes is 2. The highest BCUT2D eigenvalue weighted by Crippen LogP contribution is 1.87. The first kappa shape index (κ1) is 11.0. The summed E-state index contributed by atoms with van der Waals surface area (Å²) in [6.07, 6.45) is -0.380. The van der Waals surface area contributed by atoms with Crippen molar-refractivity contribution < 1.29 is 24.0 Å². The minimum Gasteiger partial charge on any atom is -0.368 e. The highest BCUT2D eigenvalue weighted by Gasteiger charge is 2.21. The number of imide groups is 1. The van der Waals surface area contributed by atoms with Gasteiger partial charge in [0, 0.05) is 0 Å². The molecule has 0 atom stereocenters. The Kier molecular flexibility index (Phi) is 4.00. The maximum atomic E-state index is 10.6. The van der Waals surface area contributed by atoms with Gasteiger partial charge in [-0.3, -0.25) is 28.9 Å². The first-order chi connectivity index (χ1) is 6.02. The highest BCUT2D eigenvalue weighted by atomic mass is 16.2. The van der Waals surface area contributed by atoms with Crippen LogP contribution in [0, 0.1) is 0 Å². The van der Waals surface area contributed by atoms with Gasteiger partial charge >= 0.3 is 0 Å². The number of rotatable bonds is 4. The molecule has 0 saturated carbocycles. The lowest BCUT2D eigenvalue weighted by Crippen LogP contribution is -2.43. The summed E-state index contributed by atoms with van der Waals surface area (Å²) in [5.41, 5.74) is 4.66. The van der Waals surface area contributed by atoms with Gasteiger partial charge in [0.05, 0.1) is 0 Å². The van der Waals surface area contributed by atoms with E-state index in [1.165, 1.54) is 0 Å². The molecule has 0 unspecified atom stereocenters. The molecule has 0 bridgehead atoms. The van der Waals surface area contributed by atoms with Gasteiger partial charge < -0.3 is 5.73 Å². The molecule has 0 heterocycles. The Balaban J connectivity index is 4.63. The Labute approximate surface area is 72.5 Å². The Bertz CT molecular complexity index is 252. The van der Waals surface area contributed by atoms with Crippen LogP contribution in [0.25, 0.3) is 0 Å². The van der Waals surface area contributed by atoms with Crippen molar-refractivity contribution in [1.82, 2.24) is 4.90 Å². The minimum atomic E-state index is -1.28. The fourth-order valence-electron chi connectivity index (χ4n) is 0.548. The third kappa shape index (κ3) is 3.23. The molecule has 0 rings (SSSR count). The van der Waals surface area contributed by atoms with Gasteiger partial charge in [-0.15, -0.1) is 0 Å². The van der Waals surface area contributed by atoms with E-state index in [9.17, 15) is 24.0 Å². The van der Waals surface area contributed by atoms with Crippen LogP contribution in [0.2, 0.25) is 0 Å². The summed E-state index contributed by atoms with van der Waals surface area (Å²) in [4.78, 5) is 51.6. The summed E-state index contributed by atoms with van der Waals surface area (Å²) in [6, 6.07) is 0. The molecule has 0 aliphatic carbocycles. The maximum absolute atomic E-state index is 10.6. The van der Waals surface area contributed by atoms with Gasteiger partial charge in [-0.1, -0.05) is 0 Å². The van der Waals surface area contributed by atoms with Crippen molar-refractivity contribution in [3.05, 3.63) is 0 Å². The number of amides is 3. The van der Waals surface area contributed by atoms with Gasteiger partial charge in [-0.05, 0) is 0 Å². The van der Waals surface area contributed by atoms with Gasteiger partial charge in [-0.25, -0.2) is 0 Å². The Morgan fingerprint density at radius 2 is 1.46 bits per heavy atom. The van der Waals surface area contributed by atoms with Crippen molar-refractivity contribution >= 4 is 30.3 Å². The molecule has 0 spiro atoms. The van der Waals surface area contributed by atoms with Crippen molar-refractivity contribution in [1.29, 1.82) is 0 Å². The van der Waals surface area contributed by atoms with Crippen molar-refractivity contribution in [2.45, 2.75) is 0 Å². The smallest absolute Gasteiger partial charge is 0.294 e. The van der Waals surface area contributed by atoms with Gasteiger partial charge in [0.15, 0.2) is 0 Å². The van der Waals surface area contributed by atoms with Gasteiger partial charge in [0.25, 0.3) is 11.8 Å². The second-order valence-electron chi connectivity index (χ2n) is 1.96. The summed E-state index contributed by atoms with van der Waals surface area (Å²) in [6.45, 7) is -0.783. The lowest BCUT2D eigenvalue weighted by molar-refractivity contribution is -0.151. The van der Waals surface area contributed by atoms with E-state index < -0.39 is 24.3 Å². The molecular formula is C6H6N2O5. The van der Waals surface area contributed by atoms with Crippen LogP contribution in [-0.2, 0) is 24.0 Å². The molecular weight excluding hydrogens is 180 g/mol. The van der Waals surface area contributed by atoms with E-state index in [1.54, 1.807) is 0 Å². The largest absolute Gasteiger partial charge is 0.368 e.